The summed E-state index contributed by atoms with van der Waals surface area (Å²) in [5, 5.41) is 2.53. The number of benzene rings is 8. The van der Waals surface area contributed by atoms with E-state index in [4.69, 9.17) is 0 Å². The van der Waals surface area contributed by atoms with Crippen molar-refractivity contribution in [3.05, 3.63) is 204 Å². The van der Waals surface area contributed by atoms with Gasteiger partial charge >= 0.3 is 0 Å². The van der Waals surface area contributed by atoms with Crippen LogP contribution in [0.25, 0.3) is 60.9 Å². The zero-order valence-corrected chi connectivity index (χ0v) is 32.2. The van der Waals surface area contributed by atoms with Gasteiger partial charge < -0.3 is 9.47 Å². The maximum Gasteiger partial charge on any atom is 0.0547 e. The minimum absolute atomic E-state index is 0.105. The summed E-state index contributed by atoms with van der Waals surface area (Å²) in [6.07, 6.45) is 0. The summed E-state index contributed by atoms with van der Waals surface area (Å²) >= 11 is 0. The number of para-hydroxylation sites is 2. The van der Waals surface area contributed by atoms with Crippen molar-refractivity contribution in [3.63, 3.8) is 0 Å². The Morgan fingerprint density at radius 1 is 0.411 bits per heavy atom. The molecule has 2 aliphatic rings. The van der Waals surface area contributed by atoms with E-state index in [2.05, 4.69) is 219 Å². The minimum atomic E-state index is -0.178. The molecule has 0 atom stereocenters. The number of hydrogen-bond acceptors (Lipinski definition) is 1. The van der Waals surface area contributed by atoms with E-state index in [1.165, 1.54) is 94.5 Å². The lowest BCUT2D eigenvalue weighted by atomic mass is 9.81. The summed E-state index contributed by atoms with van der Waals surface area (Å²) < 4.78 is 2.40. The van der Waals surface area contributed by atoms with E-state index in [0.29, 0.717) is 0 Å². The topological polar surface area (TPSA) is 8.17 Å². The maximum absolute atomic E-state index is 2.55. The van der Waals surface area contributed by atoms with Gasteiger partial charge in [-0.15, -0.1) is 0 Å². The molecule has 0 spiro atoms. The van der Waals surface area contributed by atoms with Crippen LogP contribution in [0, 0.1) is 0 Å². The van der Waals surface area contributed by atoms with Gasteiger partial charge in [-0.2, -0.15) is 0 Å². The van der Waals surface area contributed by atoms with Crippen LogP contribution in [0.1, 0.15) is 49.9 Å². The molecule has 2 nitrogen and oxygen atoms in total. The Morgan fingerprint density at radius 3 is 1.80 bits per heavy atom. The second-order valence-corrected chi connectivity index (χ2v) is 16.5. The molecule has 8 aromatic carbocycles. The van der Waals surface area contributed by atoms with E-state index in [0.717, 1.165) is 5.69 Å². The molecule has 1 heterocycles. The lowest BCUT2D eigenvalue weighted by molar-refractivity contribution is 0.659. The lowest BCUT2D eigenvalue weighted by Crippen LogP contribution is -2.21. The molecule has 9 aromatic rings. The Kier molecular flexibility index (Phi) is 6.98. The maximum atomic E-state index is 2.55. The van der Waals surface area contributed by atoms with Crippen molar-refractivity contribution in [3.8, 4) is 39.1 Å². The van der Waals surface area contributed by atoms with Gasteiger partial charge in [-0.05, 0) is 98.6 Å². The third-order valence-electron chi connectivity index (χ3n) is 12.8. The van der Waals surface area contributed by atoms with Crippen molar-refractivity contribution < 1.29 is 0 Å². The molecule has 0 fully saturated rings. The standard InChI is InChI=1S/C54H42N2/c1-53(2)45-23-12-9-20-43(45)51-46(53)24-15-26-48(51)56(49-27-14-21-42-39-18-8-11-22-44(39)54(3,4)52(42)49)38-31-28-35(29-32-38)36-30-33-41-40-19-10-13-25-47(40)55(50(41)34-36)37-16-6-5-7-17-37/h5-34H,1-4H3. The third kappa shape index (κ3) is 4.56. The number of nitrogens with zero attached hydrogens (tertiary/aromatic N) is 2. The molecule has 0 bridgehead atoms. The quantitative estimate of drug-likeness (QED) is 0.172. The van der Waals surface area contributed by atoms with Gasteiger partial charge in [0, 0.05) is 38.5 Å². The number of anilines is 3. The van der Waals surface area contributed by atoms with Crippen LogP contribution in [0.4, 0.5) is 17.1 Å². The third-order valence-corrected chi connectivity index (χ3v) is 12.8. The van der Waals surface area contributed by atoms with Crippen LogP contribution in [-0.4, -0.2) is 4.57 Å². The van der Waals surface area contributed by atoms with Gasteiger partial charge in [0.25, 0.3) is 0 Å². The first-order chi connectivity index (χ1) is 27.3. The molecule has 11 rings (SSSR count). The molecule has 0 unspecified atom stereocenters. The van der Waals surface area contributed by atoms with Gasteiger partial charge in [0.2, 0.25) is 0 Å². The Labute approximate surface area is 328 Å². The minimum Gasteiger partial charge on any atom is -0.310 e. The number of fused-ring (bicyclic) bond motifs is 9. The summed E-state index contributed by atoms with van der Waals surface area (Å²) in [6, 6.07) is 67.4. The van der Waals surface area contributed by atoms with E-state index in [9.17, 15) is 0 Å². The first kappa shape index (κ1) is 32.8. The highest BCUT2D eigenvalue weighted by atomic mass is 15.1. The van der Waals surface area contributed by atoms with Crippen LogP contribution in [-0.2, 0) is 10.8 Å². The summed E-state index contributed by atoms with van der Waals surface area (Å²) in [6.45, 7) is 9.52. The zero-order chi connectivity index (χ0) is 37.8. The molecule has 268 valence electrons. The highest BCUT2D eigenvalue weighted by Crippen LogP contribution is 2.58. The van der Waals surface area contributed by atoms with Crippen LogP contribution >= 0.6 is 0 Å². The van der Waals surface area contributed by atoms with Gasteiger partial charge in [-0.25, -0.2) is 0 Å². The van der Waals surface area contributed by atoms with Crippen molar-refractivity contribution in [2.45, 2.75) is 38.5 Å². The number of rotatable bonds is 5. The Bertz CT molecular complexity index is 3020. The summed E-state index contributed by atoms with van der Waals surface area (Å²) in [7, 11) is 0. The van der Waals surface area contributed by atoms with Crippen LogP contribution in [0.3, 0.4) is 0 Å². The van der Waals surface area contributed by atoms with Crippen LogP contribution in [0.5, 0.6) is 0 Å². The summed E-state index contributed by atoms with van der Waals surface area (Å²) in [5.41, 5.74) is 20.1. The van der Waals surface area contributed by atoms with Gasteiger partial charge in [-0.3, -0.25) is 0 Å². The molecule has 0 radical (unpaired) electrons. The molecule has 0 N–H and O–H groups in total. The molecule has 2 heteroatoms. The van der Waals surface area contributed by atoms with E-state index < -0.39 is 0 Å². The molecule has 2 aliphatic carbocycles. The molecular weight excluding hydrogens is 677 g/mol. The number of hydrogen-bond donors (Lipinski definition) is 0. The van der Waals surface area contributed by atoms with Crippen molar-refractivity contribution in [1.29, 1.82) is 0 Å². The Hall–Kier alpha value is -6.64. The lowest BCUT2D eigenvalue weighted by Gasteiger charge is -2.33. The van der Waals surface area contributed by atoms with E-state index in [1.54, 1.807) is 0 Å². The molecular formula is C54H42N2. The van der Waals surface area contributed by atoms with Crippen molar-refractivity contribution >= 4 is 38.9 Å². The Morgan fingerprint density at radius 2 is 1.00 bits per heavy atom. The largest absolute Gasteiger partial charge is 0.310 e. The molecule has 0 saturated heterocycles. The van der Waals surface area contributed by atoms with Gasteiger partial charge in [0.1, 0.15) is 0 Å². The first-order valence-corrected chi connectivity index (χ1v) is 19.8. The van der Waals surface area contributed by atoms with Crippen LogP contribution < -0.4 is 4.90 Å². The SMILES string of the molecule is CC1(C)c2ccccc2-c2c(N(c3ccc(-c4ccc5c6ccccc6n(-c6ccccc6)c5c4)cc3)c3cccc4c3C(C)(C)c3ccccc3-4)cccc21. The van der Waals surface area contributed by atoms with Gasteiger partial charge in [0.05, 0.1) is 22.4 Å². The van der Waals surface area contributed by atoms with Crippen molar-refractivity contribution in [2.24, 2.45) is 0 Å². The smallest absolute Gasteiger partial charge is 0.0547 e. The molecule has 0 amide bonds. The molecule has 56 heavy (non-hydrogen) atoms. The Balaban J connectivity index is 1.11. The monoisotopic (exact) mass is 718 g/mol. The van der Waals surface area contributed by atoms with Crippen LogP contribution in [0.15, 0.2) is 182 Å². The fraction of sp³-hybridized carbons (Fsp3) is 0.111. The zero-order valence-electron chi connectivity index (χ0n) is 32.2. The summed E-state index contributed by atoms with van der Waals surface area (Å²) in [5.74, 6) is 0. The van der Waals surface area contributed by atoms with E-state index in [1.807, 2.05) is 0 Å². The van der Waals surface area contributed by atoms with Crippen molar-refractivity contribution in [2.75, 3.05) is 4.90 Å². The average molecular weight is 719 g/mol. The van der Waals surface area contributed by atoms with Gasteiger partial charge in [-0.1, -0.05) is 161 Å². The highest BCUT2D eigenvalue weighted by Gasteiger charge is 2.41. The normalized spacial score (nSPS) is 14.4. The van der Waals surface area contributed by atoms with Gasteiger partial charge in [0.15, 0.2) is 0 Å². The fourth-order valence-electron chi connectivity index (χ4n) is 10.1. The van der Waals surface area contributed by atoms with E-state index >= 15 is 0 Å². The van der Waals surface area contributed by atoms with Crippen molar-refractivity contribution in [1.82, 2.24) is 4.57 Å². The van der Waals surface area contributed by atoms with E-state index in [-0.39, 0.29) is 10.8 Å². The fourth-order valence-corrected chi connectivity index (χ4v) is 10.1. The summed E-state index contributed by atoms with van der Waals surface area (Å²) in [4.78, 5) is 2.55. The number of aromatic nitrogens is 1. The second kappa shape index (κ2) is 11.9. The second-order valence-electron chi connectivity index (χ2n) is 16.5. The molecule has 0 aliphatic heterocycles. The molecule has 1 aromatic heterocycles. The first-order valence-electron chi connectivity index (χ1n) is 19.8. The predicted octanol–water partition coefficient (Wildman–Crippen LogP) is 14.5. The molecule has 0 saturated carbocycles. The van der Waals surface area contributed by atoms with Crippen LogP contribution in [0.2, 0.25) is 0 Å². The average Bonchev–Trinajstić information content (AvgIpc) is 3.79. The predicted molar refractivity (Wildman–Crippen MR) is 236 cm³/mol. The highest BCUT2D eigenvalue weighted by molar-refractivity contribution is 6.10.